The van der Waals surface area contributed by atoms with Crippen molar-refractivity contribution in [2.24, 2.45) is 5.92 Å². The molecule has 3 heteroatoms. The van der Waals surface area contributed by atoms with Crippen molar-refractivity contribution in [3.8, 4) is 5.75 Å². The van der Waals surface area contributed by atoms with E-state index in [0.29, 0.717) is 5.57 Å². The van der Waals surface area contributed by atoms with Gasteiger partial charge in [-0.1, -0.05) is 26.0 Å². The minimum absolute atomic E-state index is 0.0405. The second-order valence-electron chi connectivity index (χ2n) is 3.99. The molecular weight excluding hydrogens is 216 g/mol. The number of hydrogen-bond donors (Lipinski definition) is 1. The second-order valence-corrected chi connectivity index (χ2v) is 3.99. The van der Waals surface area contributed by atoms with Gasteiger partial charge in [0, 0.05) is 5.57 Å². The van der Waals surface area contributed by atoms with Crippen LogP contribution in [0.3, 0.4) is 0 Å². The zero-order chi connectivity index (χ0) is 12.8. The third-order valence-electron chi connectivity index (χ3n) is 2.81. The van der Waals surface area contributed by atoms with Crippen LogP contribution in [0.2, 0.25) is 0 Å². The Bertz CT molecular complexity index is 421. The molecule has 17 heavy (non-hydrogen) atoms. The highest BCUT2D eigenvalue weighted by molar-refractivity contribution is 5.92. The van der Waals surface area contributed by atoms with Crippen molar-refractivity contribution < 1.29 is 14.6 Å². The largest absolute Gasteiger partial charge is 0.497 e. The fourth-order valence-electron chi connectivity index (χ4n) is 1.55. The first-order valence-corrected chi connectivity index (χ1v) is 5.67. The van der Waals surface area contributed by atoms with Gasteiger partial charge in [0.15, 0.2) is 0 Å². The Kier molecular flexibility index (Phi) is 4.76. The number of aliphatic carboxylic acids is 1. The van der Waals surface area contributed by atoms with E-state index in [-0.39, 0.29) is 5.92 Å². The highest BCUT2D eigenvalue weighted by Crippen LogP contribution is 2.20. The summed E-state index contributed by atoms with van der Waals surface area (Å²) < 4.78 is 5.11. The summed E-state index contributed by atoms with van der Waals surface area (Å²) in [6, 6.07) is 7.38. The van der Waals surface area contributed by atoms with E-state index in [1.807, 2.05) is 38.1 Å². The first-order valence-electron chi connectivity index (χ1n) is 5.67. The molecule has 3 nitrogen and oxygen atoms in total. The minimum Gasteiger partial charge on any atom is -0.497 e. The fourth-order valence-corrected chi connectivity index (χ4v) is 1.55. The number of carboxylic acid groups (broad SMARTS) is 1. The van der Waals surface area contributed by atoms with Crippen LogP contribution < -0.4 is 4.74 Å². The molecule has 0 spiro atoms. The molecule has 0 saturated carbocycles. The Morgan fingerprint density at radius 1 is 1.53 bits per heavy atom. The molecule has 1 aromatic carbocycles. The SMILES string of the molecule is CCC(C)C(=Cc1cccc(OC)c1)C(=O)O. The van der Waals surface area contributed by atoms with E-state index in [4.69, 9.17) is 9.84 Å². The van der Waals surface area contributed by atoms with E-state index in [1.165, 1.54) is 0 Å². The summed E-state index contributed by atoms with van der Waals surface area (Å²) in [6.07, 6.45) is 2.52. The number of hydrogen-bond acceptors (Lipinski definition) is 2. The van der Waals surface area contributed by atoms with Gasteiger partial charge in [-0.05, 0) is 36.1 Å². The van der Waals surface area contributed by atoms with Crippen molar-refractivity contribution in [3.05, 3.63) is 35.4 Å². The summed E-state index contributed by atoms with van der Waals surface area (Å²) in [5.41, 5.74) is 1.28. The summed E-state index contributed by atoms with van der Waals surface area (Å²) in [5.74, 6) is -0.0893. The molecule has 0 aliphatic rings. The van der Waals surface area contributed by atoms with E-state index < -0.39 is 5.97 Å². The number of ether oxygens (including phenoxy) is 1. The van der Waals surface area contributed by atoms with Gasteiger partial charge in [0.2, 0.25) is 0 Å². The van der Waals surface area contributed by atoms with Gasteiger partial charge in [-0.15, -0.1) is 0 Å². The van der Waals surface area contributed by atoms with Gasteiger partial charge < -0.3 is 9.84 Å². The molecule has 0 bridgehead atoms. The van der Waals surface area contributed by atoms with Gasteiger partial charge in [0.1, 0.15) is 5.75 Å². The van der Waals surface area contributed by atoms with E-state index in [1.54, 1.807) is 13.2 Å². The van der Waals surface area contributed by atoms with Gasteiger partial charge in [-0.2, -0.15) is 0 Å². The normalized spacial score (nSPS) is 13.2. The Balaban J connectivity index is 3.08. The smallest absolute Gasteiger partial charge is 0.331 e. The van der Waals surface area contributed by atoms with Crippen molar-refractivity contribution in [2.75, 3.05) is 7.11 Å². The van der Waals surface area contributed by atoms with E-state index in [9.17, 15) is 4.79 Å². The van der Waals surface area contributed by atoms with Crippen LogP contribution in [-0.2, 0) is 4.79 Å². The predicted molar refractivity (Wildman–Crippen MR) is 68.1 cm³/mol. The third kappa shape index (κ3) is 3.63. The molecule has 1 atom stereocenters. The molecule has 0 aliphatic heterocycles. The van der Waals surface area contributed by atoms with E-state index in [2.05, 4.69) is 0 Å². The minimum atomic E-state index is -0.859. The molecule has 0 aliphatic carbocycles. The maximum Gasteiger partial charge on any atom is 0.331 e. The number of carbonyl (C=O) groups is 1. The highest BCUT2D eigenvalue weighted by atomic mass is 16.5. The Morgan fingerprint density at radius 3 is 2.76 bits per heavy atom. The number of rotatable bonds is 5. The summed E-state index contributed by atoms with van der Waals surface area (Å²) in [6.45, 7) is 3.90. The van der Waals surface area contributed by atoms with Crippen molar-refractivity contribution in [3.63, 3.8) is 0 Å². The average Bonchev–Trinajstić information content (AvgIpc) is 2.35. The first-order chi connectivity index (χ1) is 8.08. The van der Waals surface area contributed by atoms with Crippen molar-refractivity contribution in [2.45, 2.75) is 20.3 Å². The average molecular weight is 234 g/mol. The maximum atomic E-state index is 11.2. The molecule has 1 N–H and O–H groups in total. The molecule has 1 aromatic rings. The van der Waals surface area contributed by atoms with Crippen LogP contribution in [0.25, 0.3) is 6.08 Å². The summed E-state index contributed by atoms with van der Waals surface area (Å²) in [5, 5.41) is 9.16. The van der Waals surface area contributed by atoms with Crippen molar-refractivity contribution >= 4 is 12.0 Å². The molecule has 1 rings (SSSR count). The summed E-state index contributed by atoms with van der Waals surface area (Å²) >= 11 is 0. The molecule has 0 amide bonds. The predicted octanol–water partition coefficient (Wildman–Crippen LogP) is 3.21. The fraction of sp³-hybridized carbons (Fsp3) is 0.357. The molecule has 0 aromatic heterocycles. The maximum absolute atomic E-state index is 11.2. The second kappa shape index (κ2) is 6.09. The van der Waals surface area contributed by atoms with E-state index in [0.717, 1.165) is 17.7 Å². The highest BCUT2D eigenvalue weighted by Gasteiger charge is 2.14. The monoisotopic (exact) mass is 234 g/mol. The molecular formula is C14H18O3. The van der Waals surface area contributed by atoms with Gasteiger partial charge in [-0.25, -0.2) is 4.79 Å². The molecule has 1 unspecified atom stereocenters. The van der Waals surface area contributed by atoms with Crippen LogP contribution in [0, 0.1) is 5.92 Å². The van der Waals surface area contributed by atoms with Crippen LogP contribution >= 0.6 is 0 Å². The molecule has 0 saturated heterocycles. The molecule has 0 radical (unpaired) electrons. The zero-order valence-corrected chi connectivity index (χ0v) is 10.4. The number of benzene rings is 1. The number of carboxylic acids is 1. The lowest BCUT2D eigenvalue weighted by Gasteiger charge is -2.10. The van der Waals surface area contributed by atoms with Crippen molar-refractivity contribution in [1.29, 1.82) is 0 Å². The Morgan fingerprint density at radius 2 is 2.24 bits per heavy atom. The Hall–Kier alpha value is -1.77. The van der Waals surface area contributed by atoms with Gasteiger partial charge in [0.05, 0.1) is 7.11 Å². The van der Waals surface area contributed by atoms with Crippen LogP contribution in [0.5, 0.6) is 5.75 Å². The van der Waals surface area contributed by atoms with Gasteiger partial charge in [0.25, 0.3) is 0 Å². The standard InChI is InChI=1S/C14H18O3/c1-4-10(2)13(14(15)16)9-11-6-5-7-12(8-11)17-3/h5-10H,4H2,1-3H3,(H,15,16). The topological polar surface area (TPSA) is 46.5 Å². The van der Waals surface area contributed by atoms with Crippen LogP contribution in [0.1, 0.15) is 25.8 Å². The van der Waals surface area contributed by atoms with E-state index >= 15 is 0 Å². The quantitative estimate of drug-likeness (QED) is 0.796. The number of methoxy groups -OCH3 is 1. The summed E-state index contributed by atoms with van der Waals surface area (Å²) in [4.78, 5) is 11.2. The molecule has 92 valence electrons. The molecule has 0 fully saturated rings. The van der Waals surface area contributed by atoms with Crippen molar-refractivity contribution in [1.82, 2.24) is 0 Å². The lowest BCUT2D eigenvalue weighted by molar-refractivity contribution is -0.133. The Labute approximate surface area is 102 Å². The summed E-state index contributed by atoms with van der Waals surface area (Å²) in [7, 11) is 1.59. The van der Waals surface area contributed by atoms with Gasteiger partial charge in [-0.3, -0.25) is 0 Å². The van der Waals surface area contributed by atoms with Gasteiger partial charge >= 0.3 is 5.97 Å². The lowest BCUT2D eigenvalue weighted by atomic mass is 9.96. The third-order valence-corrected chi connectivity index (χ3v) is 2.81. The first kappa shape index (κ1) is 13.3. The van der Waals surface area contributed by atoms with Crippen LogP contribution in [-0.4, -0.2) is 18.2 Å². The zero-order valence-electron chi connectivity index (χ0n) is 10.4. The molecule has 0 heterocycles. The lowest BCUT2D eigenvalue weighted by Crippen LogP contribution is -2.08. The van der Waals surface area contributed by atoms with Crippen LogP contribution in [0.4, 0.5) is 0 Å². The van der Waals surface area contributed by atoms with Crippen LogP contribution in [0.15, 0.2) is 29.8 Å².